The Bertz CT molecular complexity index is 433. The molecule has 0 saturated carbocycles. The lowest BCUT2D eigenvalue weighted by Crippen LogP contribution is -2.45. The molecule has 0 unspecified atom stereocenters. The highest BCUT2D eigenvalue weighted by Gasteiger charge is 2.16. The third-order valence-corrected chi connectivity index (χ3v) is 4.74. The van der Waals surface area contributed by atoms with Crippen LogP contribution in [0.15, 0.2) is 17.5 Å². The minimum absolute atomic E-state index is 0.100. The van der Waals surface area contributed by atoms with E-state index >= 15 is 0 Å². The Morgan fingerprint density at radius 3 is 2.82 bits per heavy atom. The number of rotatable bonds is 7. The quantitative estimate of drug-likeness (QED) is 0.784. The van der Waals surface area contributed by atoms with Gasteiger partial charge < -0.3 is 20.3 Å². The van der Waals surface area contributed by atoms with Gasteiger partial charge in [-0.05, 0) is 25.5 Å². The molecule has 22 heavy (non-hydrogen) atoms. The summed E-state index contributed by atoms with van der Waals surface area (Å²) in [7, 11) is 4.06. The molecule has 2 rings (SSSR count). The van der Waals surface area contributed by atoms with E-state index in [0.29, 0.717) is 13.1 Å². The molecule has 1 atom stereocenters. The fourth-order valence-electron chi connectivity index (χ4n) is 2.42. The number of hydrogen-bond donors (Lipinski definition) is 2. The fourth-order valence-corrected chi connectivity index (χ4v) is 3.35. The highest BCUT2D eigenvalue weighted by Crippen LogP contribution is 2.22. The van der Waals surface area contributed by atoms with E-state index in [4.69, 9.17) is 4.74 Å². The Hall–Kier alpha value is -1.15. The van der Waals surface area contributed by atoms with Crippen LogP contribution in [-0.4, -0.2) is 75.9 Å². The first-order valence-corrected chi connectivity index (χ1v) is 8.56. The fraction of sp³-hybridized carbons (Fsp3) is 0.667. The van der Waals surface area contributed by atoms with Crippen molar-refractivity contribution in [1.29, 1.82) is 0 Å². The Labute approximate surface area is 136 Å². The predicted molar refractivity (Wildman–Crippen MR) is 89.4 cm³/mol. The number of morpholine rings is 1. The molecule has 1 fully saturated rings. The van der Waals surface area contributed by atoms with E-state index in [0.717, 1.165) is 32.8 Å². The molecule has 124 valence electrons. The second-order valence-corrected chi connectivity index (χ2v) is 6.56. The van der Waals surface area contributed by atoms with Crippen LogP contribution in [-0.2, 0) is 4.74 Å². The first-order chi connectivity index (χ1) is 10.7. The molecule has 0 radical (unpaired) electrons. The minimum Gasteiger partial charge on any atom is -0.379 e. The lowest BCUT2D eigenvalue weighted by Gasteiger charge is -2.26. The van der Waals surface area contributed by atoms with Crippen LogP contribution < -0.4 is 10.6 Å². The molecule has 1 aliphatic rings. The molecule has 1 aromatic heterocycles. The molecule has 2 N–H and O–H groups in total. The van der Waals surface area contributed by atoms with Crippen molar-refractivity contribution in [3.05, 3.63) is 22.4 Å². The van der Waals surface area contributed by atoms with E-state index in [1.807, 2.05) is 20.2 Å². The first kappa shape index (κ1) is 17.2. The van der Waals surface area contributed by atoms with E-state index in [9.17, 15) is 4.79 Å². The maximum Gasteiger partial charge on any atom is 0.314 e. The van der Waals surface area contributed by atoms with Gasteiger partial charge in [0.1, 0.15) is 0 Å². The summed E-state index contributed by atoms with van der Waals surface area (Å²) in [6.07, 6.45) is 0. The van der Waals surface area contributed by atoms with Gasteiger partial charge in [0.25, 0.3) is 0 Å². The monoisotopic (exact) mass is 326 g/mol. The Kier molecular flexibility index (Phi) is 7.11. The summed E-state index contributed by atoms with van der Waals surface area (Å²) in [5.41, 5.74) is 0. The Morgan fingerprint density at radius 2 is 2.18 bits per heavy atom. The smallest absolute Gasteiger partial charge is 0.314 e. The average molecular weight is 326 g/mol. The zero-order valence-electron chi connectivity index (χ0n) is 13.4. The second-order valence-electron chi connectivity index (χ2n) is 5.59. The number of nitrogens with zero attached hydrogens (tertiary/aromatic N) is 2. The van der Waals surface area contributed by atoms with Crippen molar-refractivity contribution in [2.45, 2.75) is 6.04 Å². The topological polar surface area (TPSA) is 56.8 Å². The molecule has 0 aromatic carbocycles. The van der Waals surface area contributed by atoms with Crippen molar-refractivity contribution < 1.29 is 9.53 Å². The van der Waals surface area contributed by atoms with Gasteiger partial charge in [-0.1, -0.05) is 6.07 Å². The van der Waals surface area contributed by atoms with E-state index in [1.165, 1.54) is 4.88 Å². The third-order valence-electron chi connectivity index (χ3n) is 3.77. The van der Waals surface area contributed by atoms with E-state index in [-0.39, 0.29) is 12.1 Å². The van der Waals surface area contributed by atoms with Crippen LogP contribution in [0.2, 0.25) is 0 Å². The normalized spacial score (nSPS) is 17.4. The molecule has 1 saturated heterocycles. The van der Waals surface area contributed by atoms with Gasteiger partial charge in [0, 0.05) is 37.6 Å². The summed E-state index contributed by atoms with van der Waals surface area (Å²) in [6, 6.07) is 4.26. The Morgan fingerprint density at radius 1 is 1.41 bits per heavy atom. The van der Waals surface area contributed by atoms with Gasteiger partial charge in [0.15, 0.2) is 0 Å². The lowest BCUT2D eigenvalue weighted by molar-refractivity contribution is 0.0387. The number of thiophene rings is 1. The predicted octanol–water partition coefficient (Wildman–Crippen LogP) is 0.982. The molecule has 1 aromatic rings. The zero-order valence-corrected chi connectivity index (χ0v) is 14.2. The van der Waals surface area contributed by atoms with Gasteiger partial charge in [-0.15, -0.1) is 11.3 Å². The molecule has 7 heteroatoms. The van der Waals surface area contributed by atoms with Crippen molar-refractivity contribution in [3.63, 3.8) is 0 Å². The van der Waals surface area contributed by atoms with Gasteiger partial charge in [0.2, 0.25) is 0 Å². The Balaban J connectivity index is 1.65. The summed E-state index contributed by atoms with van der Waals surface area (Å²) < 4.78 is 5.30. The van der Waals surface area contributed by atoms with Crippen LogP contribution >= 0.6 is 11.3 Å². The largest absolute Gasteiger partial charge is 0.379 e. The van der Waals surface area contributed by atoms with Gasteiger partial charge in [0.05, 0.1) is 19.3 Å². The molecular formula is C15H26N4O2S. The molecule has 6 nitrogen and oxygen atoms in total. The molecule has 2 heterocycles. The van der Waals surface area contributed by atoms with E-state index in [2.05, 4.69) is 31.9 Å². The van der Waals surface area contributed by atoms with Crippen molar-refractivity contribution in [2.24, 2.45) is 0 Å². The third kappa shape index (κ3) is 5.57. The van der Waals surface area contributed by atoms with Crippen molar-refractivity contribution in [1.82, 2.24) is 20.4 Å². The maximum atomic E-state index is 11.9. The number of ether oxygens (including phenoxy) is 1. The van der Waals surface area contributed by atoms with Crippen LogP contribution in [0.3, 0.4) is 0 Å². The summed E-state index contributed by atoms with van der Waals surface area (Å²) in [5.74, 6) is 0. The zero-order chi connectivity index (χ0) is 15.8. The van der Waals surface area contributed by atoms with E-state index < -0.39 is 0 Å². The first-order valence-electron chi connectivity index (χ1n) is 7.68. The van der Waals surface area contributed by atoms with Crippen LogP contribution in [0, 0.1) is 0 Å². The number of carbonyl (C=O) groups excluding carboxylic acids is 1. The molecule has 0 bridgehead atoms. The number of carbonyl (C=O) groups is 1. The molecule has 2 amide bonds. The lowest BCUT2D eigenvalue weighted by atomic mass is 10.2. The highest BCUT2D eigenvalue weighted by molar-refractivity contribution is 7.10. The van der Waals surface area contributed by atoms with Crippen LogP contribution in [0.25, 0.3) is 0 Å². The van der Waals surface area contributed by atoms with Crippen LogP contribution in [0.4, 0.5) is 4.79 Å². The summed E-state index contributed by atoms with van der Waals surface area (Å²) in [5, 5.41) is 7.95. The average Bonchev–Trinajstić information content (AvgIpc) is 3.02. The standard InChI is InChI=1S/C15H26N4O2S/c1-18(2)13(14-4-3-11-22-14)12-17-15(20)16-5-6-19-7-9-21-10-8-19/h3-4,11,13H,5-10,12H2,1-2H3,(H2,16,17,20)/t13-/m1/s1. The second kappa shape index (κ2) is 9.09. The number of urea groups is 1. The number of nitrogens with one attached hydrogen (secondary N) is 2. The van der Waals surface area contributed by atoms with Crippen LogP contribution in [0.1, 0.15) is 10.9 Å². The minimum atomic E-state index is -0.100. The molecular weight excluding hydrogens is 300 g/mol. The van der Waals surface area contributed by atoms with Gasteiger partial charge in [-0.25, -0.2) is 4.79 Å². The molecule has 0 aliphatic carbocycles. The number of amides is 2. The number of hydrogen-bond acceptors (Lipinski definition) is 5. The summed E-state index contributed by atoms with van der Waals surface area (Å²) >= 11 is 1.72. The van der Waals surface area contributed by atoms with Crippen LogP contribution in [0.5, 0.6) is 0 Å². The highest BCUT2D eigenvalue weighted by atomic mass is 32.1. The summed E-state index contributed by atoms with van der Waals surface area (Å²) in [6.45, 7) is 5.62. The van der Waals surface area contributed by atoms with Gasteiger partial charge in [-0.3, -0.25) is 4.90 Å². The van der Waals surface area contributed by atoms with Crippen molar-refractivity contribution >= 4 is 17.4 Å². The molecule has 1 aliphatic heterocycles. The van der Waals surface area contributed by atoms with Gasteiger partial charge >= 0.3 is 6.03 Å². The maximum absolute atomic E-state index is 11.9. The summed E-state index contributed by atoms with van der Waals surface area (Å²) in [4.78, 5) is 17.6. The SMILES string of the molecule is CN(C)[C@H](CNC(=O)NCCN1CCOCC1)c1cccs1. The van der Waals surface area contributed by atoms with Crippen molar-refractivity contribution in [2.75, 3.05) is 60.0 Å². The molecule has 0 spiro atoms. The van der Waals surface area contributed by atoms with Gasteiger partial charge in [-0.2, -0.15) is 0 Å². The number of likely N-dealkylation sites (N-methyl/N-ethyl adjacent to an activating group) is 1. The van der Waals surface area contributed by atoms with Crippen molar-refractivity contribution in [3.8, 4) is 0 Å². The van der Waals surface area contributed by atoms with E-state index in [1.54, 1.807) is 11.3 Å².